The van der Waals surface area contributed by atoms with E-state index in [1.807, 2.05) is 30.3 Å². The molecule has 1 fully saturated rings. The third-order valence-corrected chi connectivity index (χ3v) is 5.40. The van der Waals surface area contributed by atoms with E-state index in [-0.39, 0.29) is 23.8 Å². The van der Waals surface area contributed by atoms with Crippen LogP contribution in [0.3, 0.4) is 0 Å². The summed E-state index contributed by atoms with van der Waals surface area (Å²) in [5.41, 5.74) is 3.36. The third-order valence-electron chi connectivity index (χ3n) is 5.40. The standard InChI is InChI=1S/C19H22N4O2/c1-21-10-15(9-20-21)18-16(7-8-17(24)22(18)2)19(25)23-11-13-5-3-4-6-14(13)12-23/h3-6,9-10,16,18H,7-8,11-12H2,1-2H3/t16-,18+/m1/s1. The fourth-order valence-corrected chi connectivity index (χ4v) is 4.07. The van der Waals surface area contributed by atoms with Gasteiger partial charge in [-0.2, -0.15) is 5.10 Å². The van der Waals surface area contributed by atoms with E-state index in [1.54, 1.807) is 22.8 Å². The Kier molecular flexibility index (Phi) is 3.82. The van der Waals surface area contributed by atoms with Crippen molar-refractivity contribution in [2.45, 2.75) is 32.0 Å². The molecule has 0 aliphatic carbocycles. The highest BCUT2D eigenvalue weighted by Gasteiger charge is 2.42. The highest BCUT2D eigenvalue weighted by Crippen LogP contribution is 2.38. The molecule has 0 saturated carbocycles. The molecule has 0 unspecified atom stereocenters. The molecule has 0 N–H and O–H groups in total. The van der Waals surface area contributed by atoms with Gasteiger partial charge in [-0.05, 0) is 17.5 Å². The molecule has 6 nitrogen and oxygen atoms in total. The summed E-state index contributed by atoms with van der Waals surface area (Å²) in [6.45, 7) is 1.31. The van der Waals surface area contributed by atoms with Crippen LogP contribution in [0.15, 0.2) is 36.7 Å². The number of nitrogens with zero attached hydrogens (tertiary/aromatic N) is 4. The number of hydrogen-bond donors (Lipinski definition) is 0. The van der Waals surface area contributed by atoms with Crippen LogP contribution < -0.4 is 0 Å². The first-order valence-corrected chi connectivity index (χ1v) is 8.64. The number of amides is 2. The Morgan fingerprint density at radius 3 is 2.44 bits per heavy atom. The van der Waals surface area contributed by atoms with Gasteiger partial charge in [-0.1, -0.05) is 24.3 Å². The molecule has 4 rings (SSSR count). The molecule has 130 valence electrons. The van der Waals surface area contributed by atoms with Gasteiger partial charge in [0.25, 0.3) is 0 Å². The Labute approximate surface area is 147 Å². The molecule has 2 aliphatic heterocycles. The van der Waals surface area contributed by atoms with Crippen molar-refractivity contribution < 1.29 is 9.59 Å². The summed E-state index contributed by atoms with van der Waals surface area (Å²) in [4.78, 5) is 29.1. The molecule has 2 aliphatic rings. The van der Waals surface area contributed by atoms with Crippen molar-refractivity contribution in [2.24, 2.45) is 13.0 Å². The van der Waals surface area contributed by atoms with E-state index in [2.05, 4.69) is 17.2 Å². The van der Waals surface area contributed by atoms with Crippen LogP contribution in [-0.4, -0.2) is 38.4 Å². The quantitative estimate of drug-likeness (QED) is 0.840. The number of carbonyl (C=O) groups excluding carboxylic acids is 2. The Hall–Kier alpha value is -2.63. The van der Waals surface area contributed by atoms with E-state index in [1.165, 1.54) is 11.1 Å². The monoisotopic (exact) mass is 338 g/mol. The maximum atomic E-state index is 13.3. The van der Waals surface area contributed by atoms with Crippen LogP contribution in [0.1, 0.15) is 35.6 Å². The predicted octanol–water partition coefficient (Wildman–Crippen LogP) is 1.87. The molecule has 3 heterocycles. The molecule has 1 aromatic heterocycles. The smallest absolute Gasteiger partial charge is 0.228 e. The molecular weight excluding hydrogens is 316 g/mol. The van der Waals surface area contributed by atoms with Crippen molar-refractivity contribution in [3.8, 4) is 0 Å². The number of carbonyl (C=O) groups is 2. The Morgan fingerprint density at radius 2 is 1.84 bits per heavy atom. The molecule has 1 saturated heterocycles. The lowest BCUT2D eigenvalue weighted by atomic mass is 9.84. The van der Waals surface area contributed by atoms with Gasteiger partial charge in [-0.3, -0.25) is 14.3 Å². The number of aromatic nitrogens is 2. The Morgan fingerprint density at radius 1 is 1.16 bits per heavy atom. The minimum Gasteiger partial charge on any atom is -0.338 e. The van der Waals surface area contributed by atoms with Crippen molar-refractivity contribution >= 4 is 11.8 Å². The Bertz CT molecular complexity index is 803. The maximum absolute atomic E-state index is 13.3. The first-order chi connectivity index (χ1) is 12.0. The lowest BCUT2D eigenvalue weighted by Crippen LogP contribution is -2.46. The van der Waals surface area contributed by atoms with Crippen molar-refractivity contribution in [3.63, 3.8) is 0 Å². The van der Waals surface area contributed by atoms with Crippen LogP contribution in [-0.2, 0) is 29.7 Å². The zero-order valence-electron chi connectivity index (χ0n) is 14.6. The number of benzene rings is 1. The van der Waals surface area contributed by atoms with Gasteiger partial charge in [0.2, 0.25) is 11.8 Å². The molecule has 0 spiro atoms. The normalized spacial score (nSPS) is 23.0. The van der Waals surface area contributed by atoms with E-state index in [9.17, 15) is 9.59 Å². The average molecular weight is 338 g/mol. The van der Waals surface area contributed by atoms with Gasteiger partial charge in [-0.15, -0.1) is 0 Å². The summed E-state index contributed by atoms with van der Waals surface area (Å²) in [6.07, 6.45) is 4.68. The summed E-state index contributed by atoms with van der Waals surface area (Å²) in [6, 6.07) is 7.94. The number of likely N-dealkylation sites (tertiary alicyclic amines) is 1. The predicted molar refractivity (Wildman–Crippen MR) is 92.1 cm³/mol. The second-order valence-corrected chi connectivity index (χ2v) is 7.00. The van der Waals surface area contributed by atoms with Crippen molar-refractivity contribution in [3.05, 3.63) is 53.3 Å². The van der Waals surface area contributed by atoms with Crippen LogP contribution in [0.4, 0.5) is 0 Å². The van der Waals surface area contributed by atoms with Crippen LogP contribution in [0.2, 0.25) is 0 Å². The molecule has 1 aromatic carbocycles. The van der Waals surface area contributed by atoms with E-state index < -0.39 is 0 Å². The lowest BCUT2D eigenvalue weighted by Gasteiger charge is -2.39. The van der Waals surface area contributed by atoms with E-state index in [0.717, 1.165) is 5.56 Å². The van der Waals surface area contributed by atoms with Gasteiger partial charge in [0, 0.05) is 45.4 Å². The highest BCUT2D eigenvalue weighted by atomic mass is 16.2. The van der Waals surface area contributed by atoms with E-state index in [4.69, 9.17) is 0 Å². The van der Waals surface area contributed by atoms with Gasteiger partial charge in [0.15, 0.2) is 0 Å². The number of piperidine rings is 1. The topological polar surface area (TPSA) is 58.4 Å². The molecule has 2 amide bonds. The van der Waals surface area contributed by atoms with E-state index >= 15 is 0 Å². The third kappa shape index (κ3) is 2.71. The number of rotatable bonds is 2. The lowest BCUT2D eigenvalue weighted by molar-refractivity contribution is -0.147. The van der Waals surface area contributed by atoms with Crippen molar-refractivity contribution in [2.75, 3.05) is 7.05 Å². The average Bonchev–Trinajstić information content (AvgIpc) is 3.22. The summed E-state index contributed by atoms with van der Waals surface area (Å²) >= 11 is 0. The zero-order valence-corrected chi connectivity index (χ0v) is 14.6. The molecule has 6 heteroatoms. The van der Waals surface area contributed by atoms with Crippen molar-refractivity contribution in [1.82, 2.24) is 19.6 Å². The molecule has 2 aromatic rings. The second kappa shape index (κ2) is 6.02. The fraction of sp³-hybridized carbons (Fsp3) is 0.421. The second-order valence-electron chi connectivity index (χ2n) is 7.00. The number of fused-ring (bicyclic) bond motifs is 1. The van der Waals surface area contributed by atoms with Crippen molar-refractivity contribution in [1.29, 1.82) is 0 Å². The van der Waals surface area contributed by atoms with Gasteiger partial charge in [-0.25, -0.2) is 0 Å². The summed E-state index contributed by atoms with van der Waals surface area (Å²) in [5, 5.41) is 4.23. The number of aryl methyl sites for hydroxylation is 1. The molecule has 25 heavy (non-hydrogen) atoms. The van der Waals surface area contributed by atoms with Gasteiger partial charge in [0.05, 0.1) is 18.2 Å². The fourth-order valence-electron chi connectivity index (χ4n) is 4.07. The van der Waals surface area contributed by atoms with Crippen LogP contribution in [0, 0.1) is 5.92 Å². The Balaban J connectivity index is 1.61. The minimum atomic E-state index is -0.244. The summed E-state index contributed by atoms with van der Waals surface area (Å²) < 4.78 is 1.72. The first-order valence-electron chi connectivity index (χ1n) is 8.64. The van der Waals surface area contributed by atoms with Gasteiger partial charge in [0.1, 0.15) is 0 Å². The van der Waals surface area contributed by atoms with E-state index in [0.29, 0.717) is 25.9 Å². The molecule has 0 bridgehead atoms. The SMILES string of the molecule is CN1C(=O)CC[C@@H](C(=O)N2Cc3ccccc3C2)[C@@H]1c1cnn(C)c1. The van der Waals surface area contributed by atoms with Gasteiger partial charge >= 0.3 is 0 Å². The minimum absolute atomic E-state index is 0.0858. The first kappa shape index (κ1) is 15.9. The summed E-state index contributed by atoms with van der Waals surface area (Å²) in [7, 11) is 3.64. The number of hydrogen-bond acceptors (Lipinski definition) is 3. The van der Waals surface area contributed by atoms with Crippen LogP contribution >= 0.6 is 0 Å². The van der Waals surface area contributed by atoms with Crippen LogP contribution in [0.5, 0.6) is 0 Å². The molecule has 2 atom stereocenters. The summed E-state index contributed by atoms with van der Waals surface area (Å²) in [5.74, 6) is -0.00627. The molecule has 0 radical (unpaired) electrons. The molecular formula is C19H22N4O2. The van der Waals surface area contributed by atoms with Gasteiger partial charge < -0.3 is 9.80 Å². The van der Waals surface area contributed by atoms with Crippen LogP contribution in [0.25, 0.3) is 0 Å². The zero-order chi connectivity index (χ0) is 17.6. The highest BCUT2D eigenvalue weighted by molar-refractivity contribution is 5.85. The largest absolute Gasteiger partial charge is 0.338 e. The maximum Gasteiger partial charge on any atom is 0.228 e.